The van der Waals surface area contributed by atoms with Crippen molar-refractivity contribution < 1.29 is 89.5 Å². The molecule has 4 aliphatic rings. The van der Waals surface area contributed by atoms with Crippen molar-refractivity contribution in [3.63, 3.8) is 0 Å². The van der Waals surface area contributed by atoms with E-state index in [1.54, 1.807) is 79.5 Å². The molecule has 4 rings (SSSR count). The van der Waals surface area contributed by atoms with Crippen molar-refractivity contribution in [2.45, 2.75) is 177 Å². The smallest absolute Gasteiger partial charge is 0.308 e. The highest BCUT2D eigenvalue weighted by molar-refractivity contribution is 5.80. The Morgan fingerprint density at radius 1 is 0.701 bits per heavy atom. The summed E-state index contributed by atoms with van der Waals surface area (Å²) in [6, 6.07) is -1.27. The third kappa shape index (κ3) is 21.5. The molecule has 77 heavy (non-hydrogen) atoms. The van der Waals surface area contributed by atoms with Gasteiger partial charge in [-0.3, -0.25) is 19.3 Å². The lowest BCUT2D eigenvalue weighted by Gasteiger charge is -2.47. The van der Waals surface area contributed by atoms with Gasteiger partial charge < -0.3 is 91.1 Å². The van der Waals surface area contributed by atoms with Crippen molar-refractivity contribution in [3.05, 3.63) is 85.1 Å². The number of piperazine rings is 1. The van der Waals surface area contributed by atoms with E-state index in [0.717, 1.165) is 0 Å². The maximum Gasteiger partial charge on any atom is 0.308 e. The summed E-state index contributed by atoms with van der Waals surface area (Å²) in [6.07, 6.45) is 3.33. The van der Waals surface area contributed by atoms with Crippen LogP contribution < -0.4 is 11.1 Å². The zero-order chi connectivity index (χ0) is 56.8. The summed E-state index contributed by atoms with van der Waals surface area (Å²) in [4.78, 5) is 43.1. The number of nitrogens with zero attached hydrogens (tertiary/aromatic N) is 2. The van der Waals surface area contributed by atoms with Crippen molar-refractivity contribution in [1.29, 1.82) is 0 Å². The third-order valence-corrected chi connectivity index (χ3v) is 14.6. The van der Waals surface area contributed by atoms with Gasteiger partial charge in [0.05, 0.1) is 92.6 Å². The molecule has 19 atom stereocenters. The van der Waals surface area contributed by atoms with Gasteiger partial charge in [0.2, 0.25) is 11.8 Å². The first-order chi connectivity index (χ1) is 36.6. The molecule has 0 aliphatic carbocycles. The van der Waals surface area contributed by atoms with Crippen molar-refractivity contribution in [3.8, 4) is 0 Å². The highest BCUT2D eigenvalue weighted by Gasteiger charge is 2.52. The van der Waals surface area contributed by atoms with Crippen LogP contribution in [0.5, 0.6) is 0 Å². The number of rotatable bonds is 7. The molecular formula is C55H88N4O18. The Hall–Kier alpha value is -4.05. The van der Waals surface area contributed by atoms with Gasteiger partial charge >= 0.3 is 5.97 Å². The van der Waals surface area contributed by atoms with E-state index in [2.05, 4.69) is 5.32 Å². The standard InChI is InChI=1S/C55H88N4O18/c1-34-17-15-13-11-9-7-5-6-8-10-12-14-16-18-41(76-54-52(71)49(57-46(67)33-56)51(70)37(4)75-54)30-45-48(53(72)59-23-21-58(22-24-59)25-26-60)44(66)32-55(73,77-45)31-40(63)28-43(65)42(64)20-19-38(61)27-39(62)29-47(68)74-36(3)35(2)50(34)69/h5-18,34-45,48-52,54,60-66,69-71,73H,19-33,56H2,1-4H3,(H,57,67)/b6-5-,9-7-,10-8-,13-11-,14-12-,17-15-,18-16+/t34-,35-,36-,37+,38+,39+,40-,41-,42+,43+,44-,45-,48+,49-,50+,51+,52-,54-,55+/m0/s1. The largest absolute Gasteiger partial charge is 0.462 e. The minimum Gasteiger partial charge on any atom is -0.462 e. The van der Waals surface area contributed by atoms with Crippen LogP contribution in [-0.2, 0) is 33.3 Å². The van der Waals surface area contributed by atoms with Crippen LogP contribution in [0.15, 0.2) is 85.1 Å². The maximum atomic E-state index is 14.5. The number of allylic oxidation sites excluding steroid dienone is 12. The molecule has 22 heteroatoms. The lowest BCUT2D eigenvalue weighted by atomic mass is 9.81. The van der Waals surface area contributed by atoms with Crippen LogP contribution in [-0.4, -0.2) is 227 Å². The third-order valence-electron chi connectivity index (χ3n) is 14.6. The van der Waals surface area contributed by atoms with Gasteiger partial charge in [-0.05, 0) is 33.1 Å². The van der Waals surface area contributed by atoms with Gasteiger partial charge in [-0.15, -0.1) is 0 Å². The monoisotopic (exact) mass is 1090 g/mol. The second kappa shape index (κ2) is 32.9. The van der Waals surface area contributed by atoms with E-state index in [0.29, 0.717) is 19.6 Å². The van der Waals surface area contributed by atoms with Gasteiger partial charge in [0.15, 0.2) is 12.1 Å². The normalized spacial score (nSPS) is 41.7. The zero-order valence-corrected chi connectivity index (χ0v) is 44.8. The number of hydrogen-bond acceptors (Lipinski definition) is 20. The fourth-order valence-corrected chi connectivity index (χ4v) is 9.90. The molecule has 0 radical (unpaired) electrons. The Labute approximate surface area is 452 Å². The van der Waals surface area contributed by atoms with E-state index in [1.807, 2.05) is 36.1 Å². The number of carbonyl (C=O) groups excluding carboxylic acids is 3. The molecule has 0 saturated carbocycles. The number of β-amino-alcohol motifs (C(OH)–C–C–N with tert-alkyl or cyclic N) is 1. The first kappa shape index (κ1) is 65.5. The van der Waals surface area contributed by atoms with Crippen molar-refractivity contribution in [1.82, 2.24) is 15.1 Å². The summed E-state index contributed by atoms with van der Waals surface area (Å²) in [5.41, 5.74) is 5.52. The highest BCUT2D eigenvalue weighted by atomic mass is 16.7. The van der Waals surface area contributed by atoms with Gasteiger partial charge in [0.25, 0.3) is 0 Å². The minimum atomic E-state index is -2.33. The Morgan fingerprint density at radius 3 is 1.90 bits per heavy atom. The molecule has 0 aromatic rings. The number of ether oxygens (including phenoxy) is 4. The molecule has 3 fully saturated rings. The van der Waals surface area contributed by atoms with E-state index >= 15 is 0 Å². The lowest BCUT2D eigenvalue weighted by Crippen LogP contribution is -2.64. The molecule has 4 heterocycles. The number of hydrogen-bond donors (Lipinski definition) is 13. The first-order valence-corrected chi connectivity index (χ1v) is 26.9. The van der Waals surface area contributed by atoms with Gasteiger partial charge in [-0.2, -0.15) is 0 Å². The summed E-state index contributed by atoms with van der Waals surface area (Å²) in [5, 5.41) is 124. The molecule has 4 aliphatic heterocycles. The van der Waals surface area contributed by atoms with E-state index in [1.165, 1.54) is 6.92 Å². The lowest BCUT2D eigenvalue weighted by molar-refractivity contribution is -0.308. The van der Waals surface area contributed by atoms with Crippen molar-refractivity contribution >= 4 is 17.8 Å². The number of amides is 2. The summed E-state index contributed by atoms with van der Waals surface area (Å²) in [6.45, 7) is 8.01. The summed E-state index contributed by atoms with van der Waals surface area (Å²) in [5.74, 6) is -6.29. The number of fused-ring (bicyclic) bond motifs is 2. The number of aliphatic hydroxyl groups excluding tert-OH is 10. The average Bonchev–Trinajstić information content (AvgIpc) is 3.37. The molecule has 14 N–H and O–H groups in total. The fourth-order valence-electron chi connectivity index (χ4n) is 9.90. The first-order valence-electron chi connectivity index (χ1n) is 26.9. The van der Waals surface area contributed by atoms with Crippen LogP contribution in [0.3, 0.4) is 0 Å². The second-order valence-electron chi connectivity index (χ2n) is 20.8. The Bertz CT molecular complexity index is 2010. The predicted molar refractivity (Wildman–Crippen MR) is 282 cm³/mol. The van der Waals surface area contributed by atoms with Crippen LogP contribution in [0.25, 0.3) is 0 Å². The molecular weight excluding hydrogens is 1000 g/mol. The second-order valence-corrected chi connectivity index (χ2v) is 20.8. The van der Waals surface area contributed by atoms with E-state index in [-0.39, 0.29) is 51.3 Å². The topological polar surface area (TPSA) is 355 Å². The molecule has 3 saturated heterocycles. The van der Waals surface area contributed by atoms with E-state index in [9.17, 15) is 70.6 Å². The number of cyclic esters (lactones) is 1. The van der Waals surface area contributed by atoms with Gasteiger partial charge in [0.1, 0.15) is 18.3 Å². The summed E-state index contributed by atoms with van der Waals surface area (Å²) < 4.78 is 24.1. The fraction of sp³-hybridized carbons (Fsp3) is 0.691. The molecule has 2 amide bonds. The average molecular weight is 1090 g/mol. The number of esters is 1. The summed E-state index contributed by atoms with van der Waals surface area (Å²) >= 11 is 0. The van der Waals surface area contributed by atoms with Crippen molar-refractivity contribution in [2.75, 3.05) is 45.9 Å². The van der Waals surface area contributed by atoms with Gasteiger partial charge in [0, 0.05) is 70.2 Å². The van der Waals surface area contributed by atoms with Gasteiger partial charge in [-0.25, -0.2) is 0 Å². The van der Waals surface area contributed by atoms with Crippen LogP contribution in [0.4, 0.5) is 0 Å². The minimum absolute atomic E-state index is 0.0734. The Morgan fingerprint density at radius 2 is 1.30 bits per heavy atom. The molecule has 2 bridgehead atoms. The number of nitrogens with two attached hydrogens (primary N) is 1. The molecule has 0 aromatic carbocycles. The highest BCUT2D eigenvalue weighted by Crippen LogP contribution is 2.39. The summed E-state index contributed by atoms with van der Waals surface area (Å²) in [7, 11) is 0. The molecule has 22 nitrogen and oxygen atoms in total. The van der Waals surface area contributed by atoms with Crippen LogP contribution in [0.1, 0.15) is 79.1 Å². The van der Waals surface area contributed by atoms with Crippen LogP contribution >= 0.6 is 0 Å². The van der Waals surface area contributed by atoms with Crippen molar-refractivity contribution in [2.24, 2.45) is 23.5 Å². The molecule has 436 valence electrons. The van der Waals surface area contributed by atoms with E-state index < -0.39 is 159 Å². The molecule has 0 aromatic heterocycles. The van der Waals surface area contributed by atoms with Gasteiger partial charge in [-0.1, -0.05) is 98.9 Å². The SMILES string of the molecule is C[C@@H]1[C@H](O)[C@@H](C)\C=C/C=C\C=C/C=C\C=C/C=C\C=C\[C@H](O[C@@H]2O[C@H](C)[C@@H](O)[C@H](NC(=O)CN)[C@@H]2O)C[C@@H]2O[C@](O)(C[C@@H](O)C[C@@H](O)[C@H](O)CC[C@@H](O)C[C@@H](O)CC(=O)O[C@H]1C)C[C@H](O)[C@H]2C(=O)N1CCN(CCO)CC1. The predicted octanol–water partition coefficient (Wildman–Crippen LogP) is -1.12. The quantitative estimate of drug-likeness (QED) is 0.134. The van der Waals surface area contributed by atoms with E-state index in [4.69, 9.17) is 24.7 Å². The Kier molecular flexibility index (Phi) is 28.0. The van der Waals surface area contributed by atoms with Crippen LogP contribution in [0, 0.1) is 17.8 Å². The maximum absolute atomic E-state index is 14.5. The zero-order valence-electron chi connectivity index (χ0n) is 44.8. The number of carbonyl (C=O) groups is 3. The Balaban J connectivity index is 1.66. The molecule has 0 spiro atoms. The molecule has 0 unspecified atom stereocenters. The number of nitrogens with one attached hydrogen (secondary N) is 1. The number of aliphatic hydroxyl groups is 11. The van der Waals surface area contributed by atoms with Crippen LogP contribution in [0.2, 0.25) is 0 Å².